The Morgan fingerprint density at radius 3 is 2.62 bits per heavy atom. The van der Waals surface area contributed by atoms with Gasteiger partial charge in [-0.1, -0.05) is 18.2 Å². The summed E-state index contributed by atoms with van der Waals surface area (Å²) in [5.41, 5.74) is 2.28. The molecule has 1 aliphatic rings. The number of benzene rings is 1. The predicted octanol–water partition coefficient (Wildman–Crippen LogP) is 2.64. The Labute approximate surface area is 167 Å². The summed E-state index contributed by atoms with van der Waals surface area (Å²) >= 11 is 0. The van der Waals surface area contributed by atoms with Gasteiger partial charge in [0.25, 0.3) is 11.7 Å². The highest BCUT2D eigenvalue weighted by molar-refractivity contribution is 6.46. The quantitative estimate of drug-likeness (QED) is 0.411. The molecule has 148 valence electrons. The van der Waals surface area contributed by atoms with E-state index in [-0.39, 0.29) is 24.5 Å². The molecule has 0 bridgehead atoms. The summed E-state index contributed by atoms with van der Waals surface area (Å²) in [4.78, 5) is 31.2. The number of ether oxygens (including phenoxy) is 1. The second-order valence-corrected chi connectivity index (χ2v) is 6.93. The number of methoxy groups -OCH3 is 1. The number of amides is 1. The second kappa shape index (κ2) is 7.52. The number of carbonyl (C=O) groups is 2. The number of Topliss-reactive ketones (excluding diaryl/α,β-unsaturated/α-hetero) is 1. The molecule has 2 aromatic heterocycles. The van der Waals surface area contributed by atoms with Gasteiger partial charge in [-0.05, 0) is 18.2 Å². The molecule has 1 amide bonds. The summed E-state index contributed by atoms with van der Waals surface area (Å²) in [6.45, 7) is 0.520. The molecule has 29 heavy (non-hydrogen) atoms. The van der Waals surface area contributed by atoms with Crippen molar-refractivity contribution in [1.82, 2.24) is 14.5 Å². The Hall–Kier alpha value is -3.45. The summed E-state index contributed by atoms with van der Waals surface area (Å²) in [7, 11) is 3.45. The molecular formula is C22H21N3O4. The van der Waals surface area contributed by atoms with Crippen LogP contribution in [0.4, 0.5) is 0 Å². The summed E-state index contributed by atoms with van der Waals surface area (Å²) in [6.07, 6.45) is 4.97. The van der Waals surface area contributed by atoms with E-state index in [2.05, 4.69) is 4.98 Å². The van der Waals surface area contributed by atoms with Crippen LogP contribution in [0.2, 0.25) is 0 Å². The van der Waals surface area contributed by atoms with Gasteiger partial charge in [0.1, 0.15) is 5.76 Å². The lowest BCUT2D eigenvalue weighted by Crippen LogP contribution is -2.32. The van der Waals surface area contributed by atoms with E-state index in [9.17, 15) is 14.7 Å². The lowest BCUT2D eigenvalue weighted by atomic mass is 9.95. The molecule has 1 N–H and O–H groups in total. The number of hydrogen-bond donors (Lipinski definition) is 1. The number of pyridine rings is 1. The lowest BCUT2D eigenvalue weighted by Gasteiger charge is -2.24. The van der Waals surface area contributed by atoms with E-state index >= 15 is 0 Å². The molecule has 0 radical (unpaired) electrons. The summed E-state index contributed by atoms with van der Waals surface area (Å²) < 4.78 is 7.10. The number of nitrogens with zero attached hydrogens (tertiary/aromatic N) is 3. The number of ketones is 1. The van der Waals surface area contributed by atoms with Gasteiger partial charge in [-0.25, -0.2) is 0 Å². The van der Waals surface area contributed by atoms with Crippen molar-refractivity contribution in [2.75, 3.05) is 20.3 Å². The molecule has 0 saturated carbocycles. The third kappa shape index (κ3) is 3.09. The molecule has 7 heteroatoms. The molecular weight excluding hydrogens is 370 g/mol. The fraction of sp³-hybridized carbons (Fsp3) is 0.227. The minimum Gasteiger partial charge on any atom is -0.507 e. The van der Waals surface area contributed by atoms with Crippen molar-refractivity contribution in [3.8, 4) is 0 Å². The van der Waals surface area contributed by atoms with Crippen LogP contribution in [0.1, 0.15) is 17.2 Å². The van der Waals surface area contributed by atoms with Gasteiger partial charge in [-0.3, -0.25) is 14.6 Å². The van der Waals surface area contributed by atoms with Gasteiger partial charge in [-0.15, -0.1) is 0 Å². The van der Waals surface area contributed by atoms with E-state index in [4.69, 9.17) is 4.74 Å². The summed E-state index contributed by atoms with van der Waals surface area (Å²) in [5, 5.41) is 11.9. The number of para-hydroxylation sites is 1. The van der Waals surface area contributed by atoms with Crippen molar-refractivity contribution < 1.29 is 19.4 Å². The van der Waals surface area contributed by atoms with Gasteiger partial charge in [0, 0.05) is 61.3 Å². The zero-order valence-corrected chi connectivity index (χ0v) is 16.2. The molecule has 3 heterocycles. The van der Waals surface area contributed by atoms with Crippen molar-refractivity contribution in [2.24, 2.45) is 7.05 Å². The predicted molar refractivity (Wildman–Crippen MR) is 108 cm³/mol. The topological polar surface area (TPSA) is 84.7 Å². The van der Waals surface area contributed by atoms with Crippen molar-refractivity contribution >= 4 is 28.4 Å². The van der Waals surface area contributed by atoms with Crippen LogP contribution >= 0.6 is 0 Å². The van der Waals surface area contributed by atoms with Crippen molar-refractivity contribution in [1.29, 1.82) is 0 Å². The zero-order chi connectivity index (χ0) is 20.5. The Kier molecular flexibility index (Phi) is 4.90. The standard InChI is InChI=1S/C22H21N3O4/c1-24-13-16(15-5-3-4-6-17(15)24)19-18(20(26)14-7-9-23-10-8-14)21(27)22(28)25(19)11-12-29-2/h3-10,13,19,26H,11-12H2,1-2H3/b20-18+. The van der Waals surface area contributed by atoms with Crippen molar-refractivity contribution in [3.05, 3.63) is 71.7 Å². The minimum absolute atomic E-state index is 0.0775. The first-order chi connectivity index (χ1) is 14.0. The maximum absolute atomic E-state index is 12.9. The third-order valence-corrected chi connectivity index (χ3v) is 5.25. The highest BCUT2D eigenvalue weighted by Gasteiger charge is 2.46. The molecule has 1 saturated heterocycles. The highest BCUT2D eigenvalue weighted by atomic mass is 16.5. The Morgan fingerprint density at radius 1 is 1.17 bits per heavy atom. The lowest BCUT2D eigenvalue weighted by molar-refractivity contribution is -0.140. The third-order valence-electron chi connectivity index (χ3n) is 5.25. The molecule has 0 aliphatic carbocycles. The van der Waals surface area contributed by atoms with Gasteiger partial charge < -0.3 is 19.3 Å². The number of hydrogen-bond acceptors (Lipinski definition) is 5. The van der Waals surface area contributed by atoms with E-state index in [1.807, 2.05) is 42.1 Å². The first kappa shape index (κ1) is 18.9. The van der Waals surface area contributed by atoms with Crippen LogP contribution in [0.5, 0.6) is 0 Å². The van der Waals surface area contributed by atoms with Crippen LogP contribution in [-0.2, 0) is 21.4 Å². The van der Waals surface area contributed by atoms with Crippen LogP contribution in [0, 0.1) is 0 Å². The van der Waals surface area contributed by atoms with E-state index in [1.54, 1.807) is 19.2 Å². The Morgan fingerprint density at radius 2 is 1.90 bits per heavy atom. The average molecular weight is 391 g/mol. The fourth-order valence-corrected chi connectivity index (χ4v) is 3.88. The number of fused-ring (bicyclic) bond motifs is 1. The van der Waals surface area contributed by atoms with Crippen LogP contribution in [0.15, 0.2) is 60.6 Å². The molecule has 7 nitrogen and oxygen atoms in total. The maximum atomic E-state index is 12.9. The highest BCUT2D eigenvalue weighted by Crippen LogP contribution is 2.42. The second-order valence-electron chi connectivity index (χ2n) is 6.93. The average Bonchev–Trinajstić information content (AvgIpc) is 3.21. The van der Waals surface area contributed by atoms with Crippen LogP contribution in [0.3, 0.4) is 0 Å². The van der Waals surface area contributed by atoms with Gasteiger partial charge >= 0.3 is 0 Å². The van der Waals surface area contributed by atoms with E-state index in [1.165, 1.54) is 17.3 Å². The van der Waals surface area contributed by atoms with Crippen LogP contribution in [-0.4, -0.2) is 51.5 Å². The first-order valence-corrected chi connectivity index (χ1v) is 9.26. The zero-order valence-electron chi connectivity index (χ0n) is 16.2. The van der Waals surface area contributed by atoms with Gasteiger partial charge in [0.2, 0.25) is 0 Å². The number of rotatable bonds is 5. The number of aliphatic hydroxyl groups is 1. The molecule has 1 aliphatic heterocycles. The normalized spacial score (nSPS) is 18.7. The fourth-order valence-electron chi connectivity index (χ4n) is 3.88. The number of carbonyl (C=O) groups excluding carboxylic acids is 2. The van der Waals surface area contributed by atoms with Crippen molar-refractivity contribution in [3.63, 3.8) is 0 Å². The van der Waals surface area contributed by atoms with E-state index in [0.29, 0.717) is 5.56 Å². The molecule has 1 fully saturated rings. The maximum Gasteiger partial charge on any atom is 0.295 e. The van der Waals surface area contributed by atoms with E-state index in [0.717, 1.165) is 16.5 Å². The Bertz CT molecular complexity index is 1120. The molecule has 1 aromatic carbocycles. The van der Waals surface area contributed by atoms with Gasteiger partial charge in [-0.2, -0.15) is 0 Å². The van der Waals surface area contributed by atoms with Crippen LogP contribution < -0.4 is 0 Å². The summed E-state index contributed by atoms with van der Waals surface area (Å²) in [5.74, 6) is -1.55. The SMILES string of the molecule is COCCN1C(=O)C(=O)/C(=C(/O)c2ccncc2)C1c1cn(C)c2ccccc12. The molecule has 4 rings (SSSR count). The minimum atomic E-state index is -0.704. The Balaban J connectivity index is 1.96. The van der Waals surface area contributed by atoms with Crippen LogP contribution in [0.25, 0.3) is 16.7 Å². The smallest absolute Gasteiger partial charge is 0.295 e. The number of likely N-dealkylation sites (tertiary alicyclic amines) is 1. The molecule has 3 aromatic rings. The number of aryl methyl sites for hydroxylation is 1. The molecule has 1 unspecified atom stereocenters. The molecule has 0 spiro atoms. The summed E-state index contributed by atoms with van der Waals surface area (Å²) in [6, 6.07) is 10.3. The monoisotopic (exact) mass is 391 g/mol. The van der Waals surface area contributed by atoms with E-state index < -0.39 is 17.7 Å². The number of aromatic nitrogens is 2. The van der Waals surface area contributed by atoms with Crippen molar-refractivity contribution in [2.45, 2.75) is 6.04 Å². The van der Waals surface area contributed by atoms with Gasteiger partial charge in [0.15, 0.2) is 0 Å². The molecule has 1 atom stereocenters. The van der Waals surface area contributed by atoms with Gasteiger partial charge in [0.05, 0.1) is 18.2 Å². The number of aliphatic hydroxyl groups excluding tert-OH is 1. The first-order valence-electron chi connectivity index (χ1n) is 9.26. The largest absolute Gasteiger partial charge is 0.507 e.